The highest BCUT2D eigenvalue weighted by Gasteiger charge is 2.10. The molecule has 0 bridgehead atoms. The largest absolute Gasteiger partial charge is 0.467 e. The van der Waals surface area contributed by atoms with E-state index >= 15 is 0 Å². The number of halogens is 1. The van der Waals surface area contributed by atoms with Crippen LogP contribution < -0.4 is 5.32 Å². The third-order valence-electron chi connectivity index (χ3n) is 3.58. The average molecular weight is 318 g/mol. The molecule has 0 aliphatic carbocycles. The van der Waals surface area contributed by atoms with Crippen molar-refractivity contribution in [2.75, 3.05) is 13.1 Å². The lowest BCUT2D eigenvalue weighted by Crippen LogP contribution is -2.34. The molecule has 0 saturated heterocycles. The summed E-state index contributed by atoms with van der Waals surface area (Å²) in [6, 6.07) is 6.15. The SMILES string of the molecule is Cc1ccc(C(=O)NCCN(C=O)Cc2occc2C)cc1F. The Morgan fingerprint density at radius 1 is 1.30 bits per heavy atom. The molecule has 2 rings (SSSR count). The molecule has 0 spiro atoms. The van der Waals surface area contributed by atoms with Crippen molar-refractivity contribution in [3.63, 3.8) is 0 Å². The molecular formula is C17H19FN2O3. The number of hydrogen-bond donors (Lipinski definition) is 1. The lowest BCUT2D eigenvalue weighted by Gasteiger charge is -2.16. The van der Waals surface area contributed by atoms with Crippen LogP contribution >= 0.6 is 0 Å². The van der Waals surface area contributed by atoms with E-state index in [0.29, 0.717) is 30.8 Å². The third-order valence-corrected chi connectivity index (χ3v) is 3.58. The first kappa shape index (κ1) is 16.7. The monoisotopic (exact) mass is 318 g/mol. The number of nitrogens with one attached hydrogen (secondary N) is 1. The number of furan rings is 1. The van der Waals surface area contributed by atoms with Crippen molar-refractivity contribution in [3.8, 4) is 0 Å². The molecule has 1 N–H and O–H groups in total. The van der Waals surface area contributed by atoms with E-state index < -0.39 is 5.82 Å². The predicted octanol–water partition coefficient (Wildman–Crippen LogP) is 2.42. The van der Waals surface area contributed by atoms with Gasteiger partial charge in [-0.3, -0.25) is 9.59 Å². The van der Waals surface area contributed by atoms with Gasteiger partial charge in [-0.2, -0.15) is 0 Å². The number of hydrogen-bond acceptors (Lipinski definition) is 3. The van der Waals surface area contributed by atoms with Gasteiger partial charge in [-0.05, 0) is 43.2 Å². The van der Waals surface area contributed by atoms with Crippen LogP contribution in [0, 0.1) is 19.7 Å². The van der Waals surface area contributed by atoms with E-state index in [-0.39, 0.29) is 18.0 Å². The van der Waals surface area contributed by atoms with E-state index in [9.17, 15) is 14.0 Å². The number of aryl methyl sites for hydroxylation is 2. The molecule has 0 unspecified atom stereocenters. The molecule has 6 heteroatoms. The fourth-order valence-corrected chi connectivity index (χ4v) is 2.07. The second-order valence-corrected chi connectivity index (χ2v) is 5.32. The quantitative estimate of drug-likeness (QED) is 0.798. The number of amides is 2. The Morgan fingerprint density at radius 2 is 2.09 bits per heavy atom. The Hall–Kier alpha value is -2.63. The molecule has 23 heavy (non-hydrogen) atoms. The standard InChI is InChI=1S/C17H19FN2O3/c1-12-3-4-14(9-15(12)18)17(22)19-6-7-20(11-21)10-16-13(2)5-8-23-16/h3-5,8-9,11H,6-7,10H2,1-2H3,(H,19,22). The molecule has 1 aromatic heterocycles. The van der Waals surface area contributed by atoms with Crippen molar-refractivity contribution in [2.45, 2.75) is 20.4 Å². The zero-order valence-electron chi connectivity index (χ0n) is 13.1. The Labute approximate surface area is 134 Å². The third kappa shape index (κ3) is 4.42. The number of rotatable bonds is 7. The molecule has 0 fully saturated rings. The topological polar surface area (TPSA) is 62.6 Å². The van der Waals surface area contributed by atoms with Gasteiger partial charge in [0.05, 0.1) is 12.8 Å². The maximum absolute atomic E-state index is 13.4. The lowest BCUT2D eigenvalue weighted by molar-refractivity contribution is -0.118. The van der Waals surface area contributed by atoms with Gasteiger partial charge in [0, 0.05) is 18.7 Å². The highest BCUT2D eigenvalue weighted by molar-refractivity contribution is 5.94. The Balaban J connectivity index is 1.85. The minimum Gasteiger partial charge on any atom is -0.467 e. The lowest BCUT2D eigenvalue weighted by atomic mass is 10.1. The minimum absolute atomic E-state index is 0.257. The van der Waals surface area contributed by atoms with Gasteiger partial charge in [-0.25, -0.2) is 4.39 Å². The fraction of sp³-hybridized carbons (Fsp3) is 0.294. The number of nitrogens with zero attached hydrogens (tertiary/aromatic N) is 1. The van der Waals surface area contributed by atoms with Gasteiger partial charge >= 0.3 is 0 Å². The van der Waals surface area contributed by atoms with Gasteiger partial charge in [0.1, 0.15) is 11.6 Å². The molecule has 1 aromatic carbocycles. The van der Waals surface area contributed by atoms with Crippen molar-refractivity contribution in [2.24, 2.45) is 0 Å². The predicted molar refractivity (Wildman–Crippen MR) is 83.4 cm³/mol. The van der Waals surface area contributed by atoms with Crippen LogP contribution in [0.1, 0.15) is 27.2 Å². The van der Waals surface area contributed by atoms with E-state index in [1.165, 1.54) is 11.0 Å². The second kappa shape index (κ2) is 7.58. The normalized spacial score (nSPS) is 10.4. The van der Waals surface area contributed by atoms with Crippen LogP contribution in [-0.2, 0) is 11.3 Å². The van der Waals surface area contributed by atoms with Crippen LogP contribution in [0.3, 0.4) is 0 Å². The van der Waals surface area contributed by atoms with Gasteiger partial charge in [0.15, 0.2) is 0 Å². The van der Waals surface area contributed by atoms with Crippen LogP contribution in [0.25, 0.3) is 0 Å². The summed E-state index contributed by atoms with van der Waals surface area (Å²) in [6.07, 6.45) is 2.28. The molecule has 1 heterocycles. The minimum atomic E-state index is -0.416. The average Bonchev–Trinajstić information content (AvgIpc) is 2.93. The summed E-state index contributed by atoms with van der Waals surface area (Å²) in [5.41, 5.74) is 1.71. The van der Waals surface area contributed by atoms with Gasteiger partial charge in [-0.15, -0.1) is 0 Å². The Kier molecular flexibility index (Phi) is 5.51. The van der Waals surface area contributed by atoms with Crippen LogP contribution in [-0.4, -0.2) is 30.3 Å². The van der Waals surface area contributed by atoms with Crippen LogP contribution in [0.15, 0.2) is 34.9 Å². The fourth-order valence-electron chi connectivity index (χ4n) is 2.07. The summed E-state index contributed by atoms with van der Waals surface area (Å²) < 4.78 is 18.7. The molecule has 122 valence electrons. The molecular weight excluding hydrogens is 299 g/mol. The smallest absolute Gasteiger partial charge is 0.251 e. The first-order valence-corrected chi connectivity index (χ1v) is 7.28. The summed E-state index contributed by atoms with van der Waals surface area (Å²) in [7, 11) is 0. The van der Waals surface area contributed by atoms with E-state index in [1.807, 2.05) is 13.0 Å². The molecule has 0 radical (unpaired) electrons. The molecule has 0 saturated carbocycles. The second-order valence-electron chi connectivity index (χ2n) is 5.32. The molecule has 2 amide bonds. The van der Waals surface area contributed by atoms with Crippen molar-refractivity contribution in [3.05, 3.63) is 58.8 Å². The summed E-state index contributed by atoms with van der Waals surface area (Å²) in [5, 5.41) is 2.67. The maximum Gasteiger partial charge on any atom is 0.251 e. The van der Waals surface area contributed by atoms with Crippen LogP contribution in [0.2, 0.25) is 0 Å². The molecule has 0 aliphatic rings. The first-order valence-electron chi connectivity index (χ1n) is 7.28. The molecule has 0 atom stereocenters. The highest BCUT2D eigenvalue weighted by atomic mass is 19.1. The molecule has 5 nitrogen and oxygen atoms in total. The van der Waals surface area contributed by atoms with Crippen molar-refractivity contribution in [1.82, 2.24) is 10.2 Å². The summed E-state index contributed by atoms with van der Waals surface area (Å²) >= 11 is 0. The Bertz CT molecular complexity index is 697. The first-order chi connectivity index (χ1) is 11.0. The summed E-state index contributed by atoms with van der Waals surface area (Å²) in [6.45, 7) is 4.49. The van der Waals surface area contributed by atoms with Crippen LogP contribution in [0.4, 0.5) is 4.39 Å². The number of benzene rings is 1. The van der Waals surface area contributed by atoms with Crippen LogP contribution in [0.5, 0.6) is 0 Å². The van der Waals surface area contributed by atoms with Crippen molar-refractivity contribution >= 4 is 12.3 Å². The van der Waals surface area contributed by atoms with Gasteiger partial charge in [0.25, 0.3) is 5.91 Å². The number of carbonyl (C=O) groups is 2. The molecule has 2 aromatic rings. The molecule has 0 aliphatic heterocycles. The van der Waals surface area contributed by atoms with Gasteiger partial charge in [0.2, 0.25) is 6.41 Å². The number of carbonyl (C=O) groups excluding carboxylic acids is 2. The van der Waals surface area contributed by atoms with E-state index in [0.717, 1.165) is 5.56 Å². The highest BCUT2D eigenvalue weighted by Crippen LogP contribution is 2.11. The summed E-state index contributed by atoms with van der Waals surface area (Å²) in [5.74, 6) is -0.0755. The summed E-state index contributed by atoms with van der Waals surface area (Å²) in [4.78, 5) is 24.5. The Morgan fingerprint density at radius 3 is 2.70 bits per heavy atom. The zero-order chi connectivity index (χ0) is 16.8. The van der Waals surface area contributed by atoms with E-state index in [1.54, 1.807) is 25.3 Å². The van der Waals surface area contributed by atoms with E-state index in [4.69, 9.17) is 4.42 Å². The van der Waals surface area contributed by atoms with Crippen molar-refractivity contribution in [1.29, 1.82) is 0 Å². The zero-order valence-corrected chi connectivity index (χ0v) is 13.1. The maximum atomic E-state index is 13.4. The van der Waals surface area contributed by atoms with Gasteiger partial charge in [-0.1, -0.05) is 6.07 Å². The van der Waals surface area contributed by atoms with E-state index in [2.05, 4.69) is 5.32 Å². The van der Waals surface area contributed by atoms with Gasteiger partial charge < -0.3 is 14.6 Å². The van der Waals surface area contributed by atoms with Crippen molar-refractivity contribution < 1.29 is 18.4 Å².